The number of aryl methyl sites for hydroxylation is 1. The number of oxazole rings is 1. The molecule has 0 aliphatic heterocycles. The molecule has 3 aromatic rings. The van der Waals surface area contributed by atoms with Gasteiger partial charge in [-0.1, -0.05) is 18.2 Å². The predicted octanol–water partition coefficient (Wildman–Crippen LogP) is 4.65. The molecule has 0 fully saturated rings. The quantitative estimate of drug-likeness (QED) is 0.612. The summed E-state index contributed by atoms with van der Waals surface area (Å²) in [5.41, 5.74) is 2.28. The van der Waals surface area contributed by atoms with Gasteiger partial charge in [0, 0.05) is 17.5 Å². The highest BCUT2D eigenvalue weighted by Crippen LogP contribution is 2.22. The van der Waals surface area contributed by atoms with Gasteiger partial charge in [0.2, 0.25) is 5.89 Å². The minimum Gasteiger partial charge on any atom is -0.493 e. The largest absolute Gasteiger partial charge is 0.493 e. The molecule has 0 unspecified atom stereocenters. The van der Waals surface area contributed by atoms with E-state index in [-0.39, 0.29) is 0 Å². The fourth-order valence-electron chi connectivity index (χ4n) is 2.31. The van der Waals surface area contributed by atoms with Crippen LogP contribution < -0.4 is 4.74 Å². The van der Waals surface area contributed by atoms with Gasteiger partial charge in [0.05, 0.1) is 12.3 Å². The zero-order chi connectivity index (χ0) is 16.9. The summed E-state index contributed by atoms with van der Waals surface area (Å²) in [7, 11) is 0. The Balaban J connectivity index is 1.61. The van der Waals surface area contributed by atoms with E-state index in [2.05, 4.69) is 4.98 Å². The molecule has 1 heterocycles. The zero-order valence-electron chi connectivity index (χ0n) is 13.2. The summed E-state index contributed by atoms with van der Waals surface area (Å²) in [6.07, 6.45) is 0.637. The molecule has 5 heteroatoms. The van der Waals surface area contributed by atoms with Crippen molar-refractivity contribution in [3.8, 4) is 17.2 Å². The van der Waals surface area contributed by atoms with E-state index in [0.717, 1.165) is 17.0 Å². The van der Waals surface area contributed by atoms with E-state index in [4.69, 9.17) is 20.8 Å². The number of carbonyl (C=O) groups excluding carboxylic acids is 1. The number of carbonyl (C=O) groups is 1. The van der Waals surface area contributed by atoms with Crippen molar-refractivity contribution >= 4 is 16.8 Å². The number of benzene rings is 2. The van der Waals surface area contributed by atoms with Gasteiger partial charge in [-0.15, -0.1) is 0 Å². The highest BCUT2D eigenvalue weighted by molar-refractivity contribution is 6.67. The second kappa shape index (κ2) is 7.32. The van der Waals surface area contributed by atoms with E-state index in [1.807, 2.05) is 37.3 Å². The fourth-order valence-corrected chi connectivity index (χ4v) is 2.44. The minimum absolute atomic E-state index is 0.448. The second-order valence-corrected chi connectivity index (χ2v) is 5.63. The van der Waals surface area contributed by atoms with Crippen molar-refractivity contribution in [2.75, 3.05) is 6.61 Å². The van der Waals surface area contributed by atoms with Crippen molar-refractivity contribution < 1.29 is 13.9 Å². The summed E-state index contributed by atoms with van der Waals surface area (Å²) in [5.74, 6) is 2.09. The van der Waals surface area contributed by atoms with Crippen LogP contribution in [0.4, 0.5) is 0 Å². The first-order valence-electron chi connectivity index (χ1n) is 7.58. The summed E-state index contributed by atoms with van der Waals surface area (Å²) in [6, 6.07) is 16.5. The van der Waals surface area contributed by atoms with E-state index >= 15 is 0 Å². The van der Waals surface area contributed by atoms with Crippen LogP contribution in [0.5, 0.6) is 5.75 Å². The maximum absolute atomic E-state index is 11.0. The van der Waals surface area contributed by atoms with Crippen molar-refractivity contribution in [3.05, 3.63) is 71.6 Å². The molecule has 0 spiro atoms. The molecule has 122 valence electrons. The van der Waals surface area contributed by atoms with Gasteiger partial charge in [-0.2, -0.15) is 0 Å². The molecule has 0 N–H and O–H groups in total. The van der Waals surface area contributed by atoms with Crippen LogP contribution in [-0.2, 0) is 6.42 Å². The van der Waals surface area contributed by atoms with Gasteiger partial charge in [-0.25, -0.2) is 4.98 Å². The Hall–Kier alpha value is -2.59. The number of hydrogen-bond acceptors (Lipinski definition) is 4. The summed E-state index contributed by atoms with van der Waals surface area (Å²) in [6.45, 7) is 2.37. The summed E-state index contributed by atoms with van der Waals surface area (Å²) < 4.78 is 11.4. The molecular weight excluding hydrogens is 326 g/mol. The Labute approximate surface area is 145 Å². The van der Waals surface area contributed by atoms with Crippen molar-refractivity contribution in [2.45, 2.75) is 13.3 Å². The molecular formula is C19H16ClNO3. The molecule has 0 bridgehead atoms. The lowest BCUT2D eigenvalue weighted by Gasteiger charge is -2.05. The van der Waals surface area contributed by atoms with E-state index in [0.29, 0.717) is 30.2 Å². The van der Waals surface area contributed by atoms with Crippen LogP contribution in [0.3, 0.4) is 0 Å². The Kier molecular flexibility index (Phi) is 4.96. The average Bonchev–Trinajstić information content (AvgIpc) is 2.97. The maximum atomic E-state index is 11.0. The number of aromatic nitrogens is 1. The van der Waals surface area contributed by atoms with Crippen molar-refractivity contribution in [1.82, 2.24) is 4.98 Å². The average molecular weight is 342 g/mol. The molecule has 0 amide bonds. The van der Waals surface area contributed by atoms with Crippen LogP contribution >= 0.6 is 11.6 Å². The molecule has 3 rings (SSSR count). The third-order valence-corrected chi connectivity index (χ3v) is 3.82. The molecule has 24 heavy (non-hydrogen) atoms. The normalized spacial score (nSPS) is 10.6. The first kappa shape index (κ1) is 16.3. The Morgan fingerprint density at radius 3 is 2.50 bits per heavy atom. The minimum atomic E-state index is -0.479. The SMILES string of the molecule is Cc1oc(-c2ccccc2)nc1CCOc1ccc(C(=O)Cl)cc1. The third-order valence-electron chi connectivity index (χ3n) is 3.60. The molecule has 0 atom stereocenters. The summed E-state index contributed by atoms with van der Waals surface area (Å²) >= 11 is 5.41. The molecule has 0 aliphatic rings. The molecule has 4 nitrogen and oxygen atoms in total. The van der Waals surface area contributed by atoms with Gasteiger partial charge >= 0.3 is 0 Å². The Bertz CT molecular complexity index is 826. The summed E-state index contributed by atoms with van der Waals surface area (Å²) in [5, 5.41) is -0.479. The highest BCUT2D eigenvalue weighted by Gasteiger charge is 2.11. The Morgan fingerprint density at radius 2 is 1.83 bits per heavy atom. The monoisotopic (exact) mass is 341 g/mol. The van der Waals surface area contributed by atoms with E-state index in [1.165, 1.54) is 0 Å². The number of nitrogens with zero attached hydrogens (tertiary/aromatic N) is 1. The number of hydrogen-bond donors (Lipinski definition) is 0. The van der Waals surface area contributed by atoms with Gasteiger partial charge in [-0.05, 0) is 54.9 Å². The zero-order valence-corrected chi connectivity index (χ0v) is 13.9. The van der Waals surface area contributed by atoms with Crippen LogP contribution in [0.15, 0.2) is 59.0 Å². The van der Waals surface area contributed by atoms with Crippen molar-refractivity contribution in [2.24, 2.45) is 0 Å². The second-order valence-electron chi connectivity index (χ2n) is 5.28. The van der Waals surface area contributed by atoms with Crippen LogP contribution in [-0.4, -0.2) is 16.8 Å². The number of halogens is 1. The van der Waals surface area contributed by atoms with Gasteiger partial charge in [-0.3, -0.25) is 4.79 Å². The smallest absolute Gasteiger partial charge is 0.252 e. The summed E-state index contributed by atoms with van der Waals surface area (Å²) in [4.78, 5) is 15.6. The number of ether oxygens (including phenoxy) is 1. The van der Waals surface area contributed by atoms with E-state index in [1.54, 1.807) is 24.3 Å². The van der Waals surface area contributed by atoms with Crippen molar-refractivity contribution in [1.29, 1.82) is 0 Å². The van der Waals surface area contributed by atoms with Gasteiger partial charge < -0.3 is 9.15 Å². The highest BCUT2D eigenvalue weighted by atomic mass is 35.5. The van der Waals surface area contributed by atoms with E-state index in [9.17, 15) is 4.79 Å². The predicted molar refractivity (Wildman–Crippen MR) is 92.5 cm³/mol. The lowest BCUT2D eigenvalue weighted by Crippen LogP contribution is -2.03. The Morgan fingerprint density at radius 1 is 1.12 bits per heavy atom. The molecule has 0 saturated carbocycles. The molecule has 1 aromatic heterocycles. The van der Waals surface area contributed by atoms with Crippen LogP contribution in [0.2, 0.25) is 0 Å². The lowest BCUT2D eigenvalue weighted by molar-refractivity contribution is 0.108. The van der Waals surface area contributed by atoms with Gasteiger partial charge in [0.1, 0.15) is 11.5 Å². The fraction of sp³-hybridized carbons (Fsp3) is 0.158. The van der Waals surface area contributed by atoms with Gasteiger partial charge in [0.15, 0.2) is 0 Å². The molecule has 0 saturated heterocycles. The van der Waals surface area contributed by atoms with Crippen LogP contribution in [0.1, 0.15) is 21.8 Å². The van der Waals surface area contributed by atoms with Crippen LogP contribution in [0.25, 0.3) is 11.5 Å². The van der Waals surface area contributed by atoms with Crippen molar-refractivity contribution in [3.63, 3.8) is 0 Å². The standard InChI is InChI=1S/C19H16ClNO3/c1-13-17(21-19(24-13)15-5-3-2-4-6-15)11-12-23-16-9-7-14(8-10-16)18(20)22/h2-10H,11-12H2,1H3. The van der Waals surface area contributed by atoms with E-state index < -0.39 is 5.24 Å². The third kappa shape index (κ3) is 3.84. The van der Waals surface area contributed by atoms with Crippen LogP contribution in [0, 0.1) is 6.92 Å². The number of rotatable bonds is 6. The molecule has 2 aromatic carbocycles. The molecule has 0 aliphatic carbocycles. The molecule has 0 radical (unpaired) electrons. The first-order valence-corrected chi connectivity index (χ1v) is 7.95. The van der Waals surface area contributed by atoms with Gasteiger partial charge in [0.25, 0.3) is 5.24 Å². The maximum Gasteiger partial charge on any atom is 0.252 e. The lowest BCUT2D eigenvalue weighted by atomic mass is 10.2. The topological polar surface area (TPSA) is 52.3 Å². The first-order chi connectivity index (χ1) is 11.6.